The Morgan fingerprint density at radius 3 is 3.00 bits per heavy atom. The maximum absolute atomic E-state index is 5.84. The summed E-state index contributed by atoms with van der Waals surface area (Å²) in [6.07, 6.45) is 1.14. The van der Waals surface area contributed by atoms with Crippen molar-refractivity contribution in [2.24, 2.45) is 11.7 Å². The maximum Gasteiger partial charge on any atom is 0.122 e. The monoisotopic (exact) mass is 220 g/mol. The second-order valence-corrected chi connectivity index (χ2v) is 4.34. The SMILES string of the molecule is COc1ccccc1C1CCNCC1CN. The molecule has 88 valence electrons. The van der Waals surface area contributed by atoms with Crippen molar-refractivity contribution < 1.29 is 4.74 Å². The first-order valence-electron chi connectivity index (χ1n) is 5.90. The van der Waals surface area contributed by atoms with Crippen molar-refractivity contribution >= 4 is 0 Å². The molecule has 0 spiro atoms. The molecule has 0 aliphatic carbocycles. The lowest BCUT2D eigenvalue weighted by molar-refractivity contribution is 0.320. The predicted molar refractivity (Wildman–Crippen MR) is 65.8 cm³/mol. The second kappa shape index (κ2) is 5.32. The highest BCUT2D eigenvalue weighted by molar-refractivity contribution is 5.37. The molecule has 0 amide bonds. The number of rotatable bonds is 3. The number of hydrogen-bond acceptors (Lipinski definition) is 3. The van der Waals surface area contributed by atoms with E-state index in [9.17, 15) is 0 Å². The first-order valence-corrected chi connectivity index (χ1v) is 5.90. The van der Waals surface area contributed by atoms with Crippen molar-refractivity contribution in [2.45, 2.75) is 12.3 Å². The number of para-hydroxylation sites is 1. The van der Waals surface area contributed by atoms with Gasteiger partial charge in [-0.1, -0.05) is 18.2 Å². The molecule has 1 aromatic rings. The molecule has 1 heterocycles. The van der Waals surface area contributed by atoms with Crippen LogP contribution in [0.2, 0.25) is 0 Å². The molecule has 1 aliphatic heterocycles. The summed E-state index contributed by atoms with van der Waals surface area (Å²) in [7, 11) is 1.73. The third-order valence-corrected chi connectivity index (χ3v) is 3.45. The topological polar surface area (TPSA) is 47.3 Å². The number of benzene rings is 1. The second-order valence-electron chi connectivity index (χ2n) is 4.34. The van der Waals surface area contributed by atoms with Gasteiger partial charge in [0.25, 0.3) is 0 Å². The van der Waals surface area contributed by atoms with Crippen LogP contribution in [0.4, 0.5) is 0 Å². The summed E-state index contributed by atoms with van der Waals surface area (Å²) in [5.74, 6) is 2.04. The molecule has 3 N–H and O–H groups in total. The Bertz CT molecular complexity index is 340. The molecule has 1 fully saturated rings. The summed E-state index contributed by atoms with van der Waals surface area (Å²) >= 11 is 0. The van der Waals surface area contributed by atoms with Crippen LogP contribution >= 0.6 is 0 Å². The molecule has 3 nitrogen and oxygen atoms in total. The minimum Gasteiger partial charge on any atom is -0.496 e. The first kappa shape index (κ1) is 11.4. The molecule has 3 heteroatoms. The van der Waals surface area contributed by atoms with E-state index in [1.165, 1.54) is 5.56 Å². The average Bonchev–Trinajstić information content (AvgIpc) is 2.38. The quantitative estimate of drug-likeness (QED) is 0.808. The van der Waals surface area contributed by atoms with E-state index in [0.717, 1.165) is 31.8 Å². The van der Waals surface area contributed by atoms with E-state index in [2.05, 4.69) is 17.4 Å². The van der Waals surface area contributed by atoms with Crippen LogP contribution in [0.25, 0.3) is 0 Å². The van der Waals surface area contributed by atoms with E-state index in [1.54, 1.807) is 7.11 Å². The van der Waals surface area contributed by atoms with Gasteiger partial charge in [0.1, 0.15) is 5.75 Å². The number of methoxy groups -OCH3 is 1. The zero-order chi connectivity index (χ0) is 11.4. The van der Waals surface area contributed by atoms with Crippen molar-refractivity contribution in [3.8, 4) is 5.75 Å². The van der Waals surface area contributed by atoms with Gasteiger partial charge in [-0.2, -0.15) is 0 Å². The zero-order valence-electron chi connectivity index (χ0n) is 9.78. The van der Waals surface area contributed by atoms with Gasteiger partial charge in [-0.3, -0.25) is 0 Å². The number of nitrogens with two attached hydrogens (primary N) is 1. The lowest BCUT2D eigenvalue weighted by atomic mass is 9.81. The molecule has 0 saturated carbocycles. The molecule has 1 saturated heterocycles. The van der Waals surface area contributed by atoms with Crippen molar-refractivity contribution in [3.63, 3.8) is 0 Å². The molecule has 1 aliphatic rings. The summed E-state index contributed by atoms with van der Waals surface area (Å²) < 4.78 is 5.43. The van der Waals surface area contributed by atoms with Gasteiger partial charge in [0.05, 0.1) is 7.11 Å². The standard InChI is InChI=1S/C13H20N2O/c1-16-13-5-3-2-4-12(13)11-6-7-15-9-10(11)8-14/h2-5,10-11,15H,6-9,14H2,1H3. The van der Waals surface area contributed by atoms with Crippen LogP contribution in [-0.2, 0) is 0 Å². The van der Waals surface area contributed by atoms with E-state index in [-0.39, 0.29) is 0 Å². The summed E-state index contributed by atoms with van der Waals surface area (Å²) in [5.41, 5.74) is 7.15. The highest BCUT2D eigenvalue weighted by Crippen LogP contribution is 2.35. The van der Waals surface area contributed by atoms with Gasteiger partial charge in [0.15, 0.2) is 0 Å². The number of ether oxygens (including phenoxy) is 1. The van der Waals surface area contributed by atoms with Gasteiger partial charge in [0.2, 0.25) is 0 Å². The third kappa shape index (κ3) is 2.20. The summed E-state index contributed by atoms with van der Waals surface area (Å²) in [6.45, 7) is 2.81. The van der Waals surface area contributed by atoms with E-state index < -0.39 is 0 Å². The van der Waals surface area contributed by atoms with Crippen molar-refractivity contribution in [1.29, 1.82) is 0 Å². The van der Waals surface area contributed by atoms with Gasteiger partial charge in [0, 0.05) is 0 Å². The fourth-order valence-corrected chi connectivity index (χ4v) is 2.55. The summed E-state index contributed by atoms with van der Waals surface area (Å²) in [6, 6.07) is 8.29. The van der Waals surface area contributed by atoms with Crippen molar-refractivity contribution in [3.05, 3.63) is 29.8 Å². The minimum atomic E-state index is 0.519. The molecule has 2 atom stereocenters. The Balaban J connectivity index is 2.26. The van der Waals surface area contributed by atoms with Gasteiger partial charge >= 0.3 is 0 Å². The molecule has 0 aromatic heterocycles. The predicted octanol–water partition coefficient (Wildman–Crippen LogP) is 1.35. The van der Waals surface area contributed by atoms with Crippen LogP contribution in [-0.4, -0.2) is 26.7 Å². The van der Waals surface area contributed by atoms with Gasteiger partial charge in [-0.05, 0) is 49.5 Å². The van der Waals surface area contributed by atoms with Gasteiger partial charge in [-0.15, -0.1) is 0 Å². The van der Waals surface area contributed by atoms with Crippen molar-refractivity contribution in [2.75, 3.05) is 26.7 Å². The van der Waals surface area contributed by atoms with Crippen LogP contribution in [0.3, 0.4) is 0 Å². The minimum absolute atomic E-state index is 0.519. The Kier molecular flexibility index (Phi) is 3.80. The van der Waals surface area contributed by atoms with E-state index >= 15 is 0 Å². The third-order valence-electron chi connectivity index (χ3n) is 3.45. The van der Waals surface area contributed by atoms with Crippen LogP contribution in [0.5, 0.6) is 5.75 Å². The number of hydrogen-bond donors (Lipinski definition) is 2. The summed E-state index contributed by atoms with van der Waals surface area (Å²) in [5, 5.41) is 3.40. The zero-order valence-corrected chi connectivity index (χ0v) is 9.78. The van der Waals surface area contributed by atoms with Gasteiger partial charge in [-0.25, -0.2) is 0 Å². The number of piperidine rings is 1. The average molecular weight is 220 g/mol. The Morgan fingerprint density at radius 2 is 2.25 bits per heavy atom. The largest absolute Gasteiger partial charge is 0.496 e. The maximum atomic E-state index is 5.84. The van der Waals surface area contributed by atoms with E-state index in [0.29, 0.717) is 11.8 Å². The van der Waals surface area contributed by atoms with Crippen LogP contribution < -0.4 is 15.8 Å². The van der Waals surface area contributed by atoms with Crippen LogP contribution in [0.1, 0.15) is 17.9 Å². The Hall–Kier alpha value is -1.06. The highest BCUT2D eigenvalue weighted by Gasteiger charge is 2.27. The Morgan fingerprint density at radius 1 is 1.44 bits per heavy atom. The molecule has 0 radical (unpaired) electrons. The molecule has 2 unspecified atom stereocenters. The fraction of sp³-hybridized carbons (Fsp3) is 0.538. The van der Waals surface area contributed by atoms with Crippen LogP contribution in [0.15, 0.2) is 24.3 Å². The fourth-order valence-electron chi connectivity index (χ4n) is 2.55. The van der Waals surface area contributed by atoms with E-state index in [1.807, 2.05) is 12.1 Å². The van der Waals surface area contributed by atoms with Gasteiger partial charge < -0.3 is 15.8 Å². The first-order chi connectivity index (χ1) is 7.86. The van der Waals surface area contributed by atoms with E-state index in [4.69, 9.17) is 10.5 Å². The van der Waals surface area contributed by atoms with Crippen LogP contribution in [0, 0.1) is 5.92 Å². The normalized spacial score (nSPS) is 25.4. The number of nitrogens with one attached hydrogen (secondary N) is 1. The molecular weight excluding hydrogens is 200 g/mol. The molecule has 1 aromatic carbocycles. The molecule has 0 bridgehead atoms. The molecule has 16 heavy (non-hydrogen) atoms. The lowest BCUT2D eigenvalue weighted by Gasteiger charge is -2.32. The highest BCUT2D eigenvalue weighted by atomic mass is 16.5. The Labute approximate surface area is 97.0 Å². The molecule has 2 rings (SSSR count). The molecular formula is C13H20N2O. The summed E-state index contributed by atoms with van der Waals surface area (Å²) in [4.78, 5) is 0. The smallest absolute Gasteiger partial charge is 0.122 e. The lowest BCUT2D eigenvalue weighted by Crippen LogP contribution is -2.39. The van der Waals surface area contributed by atoms with Crippen molar-refractivity contribution in [1.82, 2.24) is 5.32 Å².